The van der Waals surface area contributed by atoms with Gasteiger partial charge in [0.2, 0.25) is 0 Å². The molecule has 0 radical (unpaired) electrons. The van der Waals surface area contributed by atoms with Crippen LogP contribution in [0.5, 0.6) is 0 Å². The number of nitrogens with zero attached hydrogens (tertiary/aromatic N) is 2. The Bertz CT molecular complexity index is 394. The summed E-state index contributed by atoms with van der Waals surface area (Å²) in [6.45, 7) is 2.04. The van der Waals surface area contributed by atoms with E-state index in [-0.39, 0.29) is 5.56 Å². The Morgan fingerprint density at radius 2 is 1.74 bits per heavy atom. The third kappa shape index (κ3) is 3.62. The highest BCUT2D eigenvalue weighted by molar-refractivity contribution is 5.13. The molecule has 1 heterocycles. The van der Waals surface area contributed by atoms with Gasteiger partial charge >= 0.3 is 12.4 Å². The molecule has 110 valence electrons. The third-order valence-electron chi connectivity index (χ3n) is 2.69. The van der Waals surface area contributed by atoms with Crippen molar-refractivity contribution in [3.05, 3.63) is 18.0 Å². The molecule has 1 aromatic heterocycles. The molecule has 0 spiro atoms. The van der Waals surface area contributed by atoms with E-state index in [4.69, 9.17) is 0 Å². The first kappa shape index (κ1) is 15.8. The fraction of sp³-hybridized carbons (Fsp3) is 0.700. The lowest BCUT2D eigenvalue weighted by molar-refractivity contribution is -0.292. The van der Waals surface area contributed by atoms with Crippen molar-refractivity contribution in [2.75, 3.05) is 7.05 Å². The van der Waals surface area contributed by atoms with Gasteiger partial charge in [-0.05, 0) is 14.0 Å². The van der Waals surface area contributed by atoms with Crippen molar-refractivity contribution >= 4 is 0 Å². The lowest BCUT2D eigenvalue weighted by Crippen LogP contribution is -2.44. The molecule has 3 nitrogen and oxygen atoms in total. The molecule has 1 aromatic rings. The minimum Gasteiger partial charge on any atom is -0.312 e. The quantitative estimate of drug-likeness (QED) is 0.864. The average molecular weight is 289 g/mol. The van der Waals surface area contributed by atoms with Crippen molar-refractivity contribution in [1.82, 2.24) is 15.1 Å². The van der Waals surface area contributed by atoms with Gasteiger partial charge in [0, 0.05) is 18.3 Å². The van der Waals surface area contributed by atoms with Crippen LogP contribution in [0.3, 0.4) is 0 Å². The number of hydrogen-bond donors (Lipinski definition) is 1. The third-order valence-corrected chi connectivity index (χ3v) is 2.69. The topological polar surface area (TPSA) is 29.9 Å². The number of halogens is 6. The molecule has 0 aliphatic rings. The van der Waals surface area contributed by atoms with Gasteiger partial charge in [-0.25, -0.2) is 0 Å². The van der Waals surface area contributed by atoms with E-state index in [9.17, 15) is 26.3 Å². The Morgan fingerprint density at radius 3 is 2.05 bits per heavy atom. The van der Waals surface area contributed by atoms with E-state index >= 15 is 0 Å². The lowest BCUT2D eigenvalue weighted by Gasteiger charge is -2.29. The zero-order chi connectivity index (χ0) is 14.8. The van der Waals surface area contributed by atoms with Crippen LogP contribution < -0.4 is 5.32 Å². The fourth-order valence-electron chi connectivity index (χ4n) is 1.80. The number of alkyl halides is 6. The van der Waals surface area contributed by atoms with Crippen LogP contribution in [-0.2, 0) is 6.54 Å². The van der Waals surface area contributed by atoms with Crippen LogP contribution in [0.25, 0.3) is 0 Å². The molecular weight excluding hydrogens is 276 g/mol. The van der Waals surface area contributed by atoms with Crippen LogP contribution in [0.2, 0.25) is 0 Å². The van der Waals surface area contributed by atoms with Crippen LogP contribution in [0.1, 0.15) is 18.5 Å². The molecule has 0 fully saturated rings. The molecular formula is C10H13F6N3. The van der Waals surface area contributed by atoms with Gasteiger partial charge < -0.3 is 5.32 Å². The smallest absolute Gasteiger partial charge is 0.312 e. The standard InChI is InChI=1S/C10H13F6N3/c1-3-19-5-6(4-18-19)7(17-2)8(9(11,12)13)10(14,15)16/h4-5,7-8,17H,3H2,1-2H3. The molecule has 0 aliphatic heterocycles. The summed E-state index contributed by atoms with van der Waals surface area (Å²) in [5, 5.41) is 5.77. The predicted octanol–water partition coefficient (Wildman–Crippen LogP) is 2.90. The van der Waals surface area contributed by atoms with Crippen LogP contribution in [0.15, 0.2) is 12.4 Å². The Labute approximate surface area is 105 Å². The van der Waals surface area contributed by atoms with Crippen molar-refractivity contribution in [3.63, 3.8) is 0 Å². The zero-order valence-corrected chi connectivity index (χ0v) is 10.2. The second-order valence-electron chi connectivity index (χ2n) is 3.96. The van der Waals surface area contributed by atoms with Gasteiger partial charge in [-0.1, -0.05) is 0 Å². The summed E-state index contributed by atoms with van der Waals surface area (Å²) in [4.78, 5) is 0. The second-order valence-corrected chi connectivity index (χ2v) is 3.96. The van der Waals surface area contributed by atoms with Crippen LogP contribution >= 0.6 is 0 Å². The monoisotopic (exact) mass is 289 g/mol. The Hall–Kier alpha value is -1.25. The van der Waals surface area contributed by atoms with Gasteiger partial charge in [0.15, 0.2) is 5.92 Å². The molecule has 19 heavy (non-hydrogen) atoms. The summed E-state index contributed by atoms with van der Waals surface area (Å²) in [6.07, 6.45) is -8.60. The highest BCUT2D eigenvalue weighted by Gasteiger charge is 2.60. The van der Waals surface area contributed by atoms with E-state index in [1.165, 1.54) is 10.9 Å². The van der Waals surface area contributed by atoms with Gasteiger partial charge in [0.05, 0.1) is 12.2 Å². The molecule has 0 saturated carbocycles. The van der Waals surface area contributed by atoms with Gasteiger partial charge in [0.1, 0.15) is 0 Å². The first-order chi connectivity index (χ1) is 8.61. The van der Waals surface area contributed by atoms with Gasteiger partial charge in [-0.2, -0.15) is 31.4 Å². The predicted molar refractivity (Wildman–Crippen MR) is 55.3 cm³/mol. The highest BCUT2D eigenvalue weighted by Crippen LogP contribution is 2.46. The normalized spacial score (nSPS) is 15.0. The zero-order valence-electron chi connectivity index (χ0n) is 10.2. The van der Waals surface area contributed by atoms with E-state index in [1.807, 2.05) is 0 Å². The van der Waals surface area contributed by atoms with Gasteiger partial charge in [-0.3, -0.25) is 4.68 Å². The van der Waals surface area contributed by atoms with E-state index in [0.717, 1.165) is 13.2 Å². The Balaban J connectivity index is 3.17. The first-order valence-electron chi connectivity index (χ1n) is 5.44. The molecule has 0 aliphatic carbocycles. The second kappa shape index (κ2) is 5.40. The fourth-order valence-corrected chi connectivity index (χ4v) is 1.80. The summed E-state index contributed by atoms with van der Waals surface area (Å²) in [5.41, 5.74) is -0.149. The SMILES string of the molecule is CCn1cc(C(NC)C(C(F)(F)F)C(F)(F)F)cn1. The minimum absolute atomic E-state index is 0.149. The summed E-state index contributed by atoms with van der Waals surface area (Å²) in [5.74, 6) is -3.47. The summed E-state index contributed by atoms with van der Waals surface area (Å²) in [7, 11) is 1.05. The molecule has 1 atom stereocenters. The van der Waals surface area contributed by atoms with Crippen molar-refractivity contribution in [2.24, 2.45) is 5.92 Å². The largest absolute Gasteiger partial charge is 0.402 e. The van der Waals surface area contributed by atoms with E-state index in [2.05, 4.69) is 10.4 Å². The Kier molecular flexibility index (Phi) is 4.49. The maximum Gasteiger partial charge on any atom is 0.402 e. The van der Waals surface area contributed by atoms with E-state index < -0.39 is 24.3 Å². The molecule has 1 N–H and O–H groups in total. The number of rotatable bonds is 4. The van der Waals surface area contributed by atoms with Gasteiger partial charge in [-0.15, -0.1) is 0 Å². The summed E-state index contributed by atoms with van der Waals surface area (Å²) >= 11 is 0. The molecule has 0 amide bonds. The maximum absolute atomic E-state index is 12.6. The number of aryl methyl sites for hydroxylation is 1. The summed E-state index contributed by atoms with van der Waals surface area (Å²) < 4.78 is 77.1. The molecule has 0 bridgehead atoms. The maximum atomic E-state index is 12.6. The number of aromatic nitrogens is 2. The molecule has 1 unspecified atom stereocenters. The van der Waals surface area contributed by atoms with Crippen LogP contribution in [-0.4, -0.2) is 29.2 Å². The lowest BCUT2D eigenvalue weighted by atomic mass is 9.94. The molecule has 0 aromatic carbocycles. The van der Waals surface area contributed by atoms with Crippen molar-refractivity contribution in [3.8, 4) is 0 Å². The van der Waals surface area contributed by atoms with Gasteiger partial charge in [0.25, 0.3) is 0 Å². The average Bonchev–Trinajstić information content (AvgIpc) is 2.70. The van der Waals surface area contributed by atoms with Crippen molar-refractivity contribution in [2.45, 2.75) is 31.9 Å². The summed E-state index contributed by atoms with van der Waals surface area (Å²) in [6, 6.07) is -1.92. The van der Waals surface area contributed by atoms with Crippen molar-refractivity contribution in [1.29, 1.82) is 0 Å². The molecule has 1 rings (SSSR count). The van der Waals surface area contributed by atoms with E-state index in [0.29, 0.717) is 6.54 Å². The van der Waals surface area contributed by atoms with E-state index in [1.54, 1.807) is 6.92 Å². The Morgan fingerprint density at radius 1 is 1.21 bits per heavy atom. The molecule has 9 heteroatoms. The minimum atomic E-state index is -5.39. The van der Waals surface area contributed by atoms with Crippen LogP contribution in [0.4, 0.5) is 26.3 Å². The number of nitrogens with one attached hydrogen (secondary N) is 1. The first-order valence-corrected chi connectivity index (χ1v) is 5.44. The van der Waals surface area contributed by atoms with Crippen LogP contribution in [0, 0.1) is 5.92 Å². The molecule has 0 saturated heterocycles. The van der Waals surface area contributed by atoms with Crippen molar-refractivity contribution < 1.29 is 26.3 Å². The number of hydrogen-bond acceptors (Lipinski definition) is 2. The highest BCUT2D eigenvalue weighted by atomic mass is 19.4.